The van der Waals surface area contributed by atoms with Crippen LogP contribution in [0, 0.1) is 13.8 Å². The van der Waals surface area contributed by atoms with E-state index in [9.17, 15) is 0 Å². The van der Waals surface area contributed by atoms with Crippen molar-refractivity contribution in [3.05, 3.63) is 114 Å². The molecule has 0 aliphatic heterocycles. The van der Waals surface area contributed by atoms with Crippen LogP contribution in [0.5, 0.6) is 0 Å². The first-order valence-electron chi connectivity index (χ1n) is 11.7. The molecule has 0 aliphatic rings. The van der Waals surface area contributed by atoms with Crippen LogP contribution in [-0.4, -0.2) is 14.5 Å². The molecule has 0 atom stereocenters. The summed E-state index contributed by atoms with van der Waals surface area (Å²) in [4.78, 5) is 4.57. The van der Waals surface area contributed by atoms with Crippen molar-refractivity contribution >= 4 is 59.0 Å². The molecule has 0 bridgehead atoms. The molecule has 0 spiro atoms. The molecule has 5 heteroatoms. The Morgan fingerprint density at radius 3 is 2.00 bits per heavy atom. The third kappa shape index (κ3) is 7.49. The standard InChI is InChI=1S/C19H14N.C10H9.C2H6Si.2ClH.Zr/c1-13-11-15-6-3-8-16(18(15)12-13)17-9-2-5-14-7-4-10-20-19(14)17;1-8-6-9-4-2-3-5-10(9)7-8;1-3-2;;;/h2-12H,1H3;2-7H,1H3;1-2H3;2*1H;/q2*-1;;;;+4/p-2. The van der Waals surface area contributed by atoms with E-state index in [2.05, 4.69) is 123 Å². The number of pyridine rings is 1. The summed E-state index contributed by atoms with van der Waals surface area (Å²) < 4.78 is 0. The second kappa shape index (κ2) is 14.6. The molecule has 1 nitrogen and oxygen atoms in total. The Morgan fingerprint density at radius 1 is 0.694 bits per heavy atom. The van der Waals surface area contributed by atoms with Crippen LogP contribution in [0.25, 0.3) is 43.6 Å². The van der Waals surface area contributed by atoms with Gasteiger partial charge < -0.3 is 0 Å². The fourth-order valence-electron chi connectivity index (χ4n) is 4.25. The van der Waals surface area contributed by atoms with Crippen LogP contribution in [0.15, 0.2) is 103 Å². The molecule has 0 N–H and O–H groups in total. The molecular formula is C31H29Cl2NSiZr. The monoisotopic (exact) mass is 603 g/mol. The first-order chi connectivity index (χ1) is 17.5. The molecule has 0 saturated heterocycles. The summed E-state index contributed by atoms with van der Waals surface area (Å²) in [6.07, 6.45) is 1.86. The van der Waals surface area contributed by atoms with E-state index in [0.29, 0.717) is 0 Å². The summed E-state index contributed by atoms with van der Waals surface area (Å²) >= 11 is -0.826. The van der Waals surface area contributed by atoms with Crippen molar-refractivity contribution in [1.82, 2.24) is 4.98 Å². The molecule has 0 unspecified atom stereocenters. The van der Waals surface area contributed by atoms with Gasteiger partial charge in [0.05, 0.1) is 5.52 Å². The van der Waals surface area contributed by atoms with Gasteiger partial charge in [0.25, 0.3) is 0 Å². The third-order valence-electron chi connectivity index (χ3n) is 5.58. The van der Waals surface area contributed by atoms with Crippen LogP contribution in [0.1, 0.15) is 11.1 Å². The number of rotatable bonds is 1. The second-order valence-corrected chi connectivity index (χ2v) is 13.2. The summed E-state index contributed by atoms with van der Waals surface area (Å²) in [5.74, 6) is 0. The van der Waals surface area contributed by atoms with Gasteiger partial charge in [-0.1, -0.05) is 68.9 Å². The molecule has 0 saturated carbocycles. The first-order valence-corrected chi connectivity index (χ1v) is 20.0. The SMILES string of the molecule is C[Si]C.Cc1cc2c(-c3cccc4cccnc34)cccc2[cH-]1.Cc1cc2ccccc2[cH-]1.[Cl][Zr+2][Cl]. The predicted octanol–water partition coefficient (Wildman–Crippen LogP) is 10.1. The Bertz CT molecular complexity index is 1480. The van der Waals surface area contributed by atoms with Gasteiger partial charge in [-0.25, -0.2) is 0 Å². The van der Waals surface area contributed by atoms with Crippen LogP contribution >= 0.6 is 17.0 Å². The van der Waals surface area contributed by atoms with Crippen molar-refractivity contribution < 1.29 is 20.8 Å². The zero-order chi connectivity index (χ0) is 25.9. The molecular weight excluding hydrogens is 577 g/mol. The Hall–Kier alpha value is -2.03. The summed E-state index contributed by atoms with van der Waals surface area (Å²) in [5, 5.41) is 6.49. The van der Waals surface area contributed by atoms with Crippen molar-refractivity contribution in [2.45, 2.75) is 26.9 Å². The number of fused-ring (bicyclic) bond motifs is 3. The molecule has 0 fully saturated rings. The topological polar surface area (TPSA) is 12.9 Å². The summed E-state index contributed by atoms with van der Waals surface area (Å²) in [7, 11) is 11.0. The van der Waals surface area contributed by atoms with Gasteiger partial charge in [0.2, 0.25) is 0 Å². The minimum atomic E-state index is -0.826. The second-order valence-electron chi connectivity index (χ2n) is 8.45. The van der Waals surface area contributed by atoms with E-state index in [1.54, 1.807) is 0 Å². The molecule has 0 aliphatic carbocycles. The summed E-state index contributed by atoms with van der Waals surface area (Å²) in [6.45, 7) is 8.57. The fourth-order valence-corrected chi connectivity index (χ4v) is 4.25. The van der Waals surface area contributed by atoms with Gasteiger partial charge in [-0.3, -0.25) is 4.98 Å². The number of halogens is 2. The maximum atomic E-state index is 4.93. The first kappa shape index (κ1) is 28.5. The van der Waals surface area contributed by atoms with Crippen molar-refractivity contribution in [1.29, 1.82) is 0 Å². The predicted molar refractivity (Wildman–Crippen MR) is 158 cm³/mol. The molecule has 1 aromatic heterocycles. The van der Waals surface area contributed by atoms with E-state index >= 15 is 0 Å². The number of benzene rings is 3. The van der Waals surface area contributed by atoms with Gasteiger partial charge in [0.1, 0.15) is 0 Å². The third-order valence-corrected chi connectivity index (χ3v) is 5.58. The van der Waals surface area contributed by atoms with E-state index < -0.39 is 20.8 Å². The summed E-state index contributed by atoms with van der Waals surface area (Å²) in [6, 6.07) is 34.3. The molecule has 180 valence electrons. The van der Waals surface area contributed by atoms with Crippen LogP contribution < -0.4 is 0 Å². The number of aromatic nitrogens is 1. The molecule has 0 amide bonds. The van der Waals surface area contributed by atoms with E-state index in [4.69, 9.17) is 17.0 Å². The van der Waals surface area contributed by atoms with Crippen molar-refractivity contribution in [3.8, 4) is 11.1 Å². The van der Waals surface area contributed by atoms with Crippen LogP contribution in [0.4, 0.5) is 0 Å². The zero-order valence-electron chi connectivity index (χ0n) is 21.0. The minimum absolute atomic E-state index is 0.826. The van der Waals surface area contributed by atoms with E-state index in [0.717, 1.165) is 15.0 Å². The number of nitrogens with zero attached hydrogens (tertiary/aromatic N) is 1. The summed E-state index contributed by atoms with van der Waals surface area (Å²) in [5.41, 5.74) is 6.20. The Balaban J connectivity index is 0.000000188. The zero-order valence-corrected chi connectivity index (χ0v) is 26.0. The number of para-hydroxylation sites is 1. The van der Waals surface area contributed by atoms with Gasteiger partial charge in [-0.2, -0.15) is 12.1 Å². The molecule has 1 heterocycles. The van der Waals surface area contributed by atoms with Crippen molar-refractivity contribution in [2.75, 3.05) is 0 Å². The Kier molecular flexibility index (Phi) is 11.6. The number of aryl methyl sites for hydroxylation is 2. The van der Waals surface area contributed by atoms with Gasteiger partial charge >= 0.3 is 37.9 Å². The van der Waals surface area contributed by atoms with E-state index in [-0.39, 0.29) is 0 Å². The average Bonchev–Trinajstić information content (AvgIpc) is 3.45. The maximum absolute atomic E-state index is 4.93. The fraction of sp³-hybridized carbons (Fsp3) is 0.129. The van der Waals surface area contributed by atoms with E-state index in [1.165, 1.54) is 49.2 Å². The van der Waals surface area contributed by atoms with Crippen molar-refractivity contribution in [3.63, 3.8) is 0 Å². The molecule has 36 heavy (non-hydrogen) atoms. The number of hydrogen-bond acceptors (Lipinski definition) is 1. The average molecular weight is 606 g/mol. The number of hydrogen-bond donors (Lipinski definition) is 0. The van der Waals surface area contributed by atoms with Gasteiger partial charge in [-0.05, 0) is 11.6 Å². The van der Waals surface area contributed by atoms with Crippen molar-refractivity contribution in [2.24, 2.45) is 0 Å². The molecule has 6 aromatic rings. The van der Waals surface area contributed by atoms with E-state index in [1.807, 2.05) is 12.3 Å². The van der Waals surface area contributed by atoms with Gasteiger partial charge in [0.15, 0.2) is 0 Å². The normalized spacial score (nSPS) is 9.94. The quantitative estimate of drug-likeness (QED) is 0.134. The van der Waals surface area contributed by atoms with Crippen LogP contribution in [0.2, 0.25) is 13.1 Å². The van der Waals surface area contributed by atoms with Gasteiger partial charge in [0, 0.05) is 21.1 Å². The Morgan fingerprint density at radius 2 is 1.25 bits per heavy atom. The van der Waals surface area contributed by atoms with Crippen LogP contribution in [-0.2, 0) is 20.8 Å². The molecule has 6 rings (SSSR count). The Labute approximate surface area is 235 Å². The van der Waals surface area contributed by atoms with Crippen LogP contribution in [0.3, 0.4) is 0 Å². The molecule has 2 radical (unpaired) electrons. The molecule has 5 aromatic carbocycles. The van der Waals surface area contributed by atoms with Gasteiger partial charge in [-0.15, -0.1) is 75.1 Å².